The second-order valence-electron chi connectivity index (χ2n) is 6.69. The van der Waals surface area contributed by atoms with Gasteiger partial charge in [-0.05, 0) is 42.0 Å². The summed E-state index contributed by atoms with van der Waals surface area (Å²) in [5, 5.41) is 9.42. The lowest BCUT2D eigenvalue weighted by molar-refractivity contribution is 0.250. The molecule has 0 atom stereocenters. The minimum atomic E-state index is 0.321. The van der Waals surface area contributed by atoms with E-state index in [0.29, 0.717) is 5.75 Å². The lowest BCUT2D eigenvalue weighted by atomic mass is 10.1. The minimum Gasteiger partial charge on any atom is -0.508 e. The fraction of sp³-hybridized carbons (Fsp3) is 0.227. The quantitative estimate of drug-likeness (QED) is 0.781. The fourth-order valence-corrected chi connectivity index (χ4v) is 3.40. The lowest BCUT2D eigenvalue weighted by Crippen LogP contribution is -2.45. The van der Waals surface area contributed by atoms with E-state index in [4.69, 9.17) is 0 Å². The average molecular weight is 345 g/mol. The van der Waals surface area contributed by atoms with Crippen LogP contribution < -0.4 is 4.90 Å². The zero-order valence-corrected chi connectivity index (χ0v) is 14.8. The molecule has 1 fully saturated rings. The Bertz CT molecular complexity index is 824. The van der Waals surface area contributed by atoms with Crippen molar-refractivity contribution in [2.24, 2.45) is 0 Å². The molecule has 0 radical (unpaired) electrons. The van der Waals surface area contributed by atoms with Crippen molar-refractivity contribution in [3.05, 3.63) is 78.5 Å². The monoisotopic (exact) mass is 345 g/mol. The summed E-state index contributed by atoms with van der Waals surface area (Å²) in [4.78, 5) is 9.27. The molecule has 4 heteroatoms. The topological polar surface area (TPSA) is 39.6 Å². The number of pyridine rings is 1. The highest BCUT2D eigenvalue weighted by molar-refractivity contribution is 5.59. The smallest absolute Gasteiger partial charge is 0.115 e. The summed E-state index contributed by atoms with van der Waals surface area (Å²) in [6.07, 6.45) is 1.83. The van der Waals surface area contributed by atoms with Gasteiger partial charge < -0.3 is 10.0 Å². The van der Waals surface area contributed by atoms with Gasteiger partial charge in [0.15, 0.2) is 0 Å². The molecule has 0 amide bonds. The maximum Gasteiger partial charge on any atom is 0.115 e. The summed E-state index contributed by atoms with van der Waals surface area (Å²) in [5.74, 6) is 0.321. The molecule has 4 nitrogen and oxygen atoms in total. The number of phenolic OH excluding ortho intramolecular Hbond substituents is 1. The molecule has 26 heavy (non-hydrogen) atoms. The maximum atomic E-state index is 9.42. The lowest BCUT2D eigenvalue weighted by Gasteiger charge is -2.36. The van der Waals surface area contributed by atoms with Crippen LogP contribution in [0.3, 0.4) is 0 Å². The van der Waals surface area contributed by atoms with Gasteiger partial charge in [0, 0.05) is 50.2 Å². The number of hydrogen-bond donors (Lipinski definition) is 1. The van der Waals surface area contributed by atoms with Crippen LogP contribution in [0, 0.1) is 0 Å². The average Bonchev–Trinajstić information content (AvgIpc) is 2.71. The molecule has 1 aliphatic heterocycles. The minimum absolute atomic E-state index is 0.321. The van der Waals surface area contributed by atoms with E-state index in [1.165, 1.54) is 11.3 Å². The van der Waals surface area contributed by atoms with Crippen molar-refractivity contribution < 1.29 is 5.11 Å². The Morgan fingerprint density at radius 3 is 2.19 bits per heavy atom. The molecule has 0 aliphatic carbocycles. The number of hydrogen-bond acceptors (Lipinski definition) is 4. The summed E-state index contributed by atoms with van der Waals surface area (Å²) < 4.78 is 0. The Morgan fingerprint density at radius 1 is 0.808 bits per heavy atom. The first-order chi connectivity index (χ1) is 12.8. The summed E-state index contributed by atoms with van der Waals surface area (Å²) >= 11 is 0. The van der Waals surface area contributed by atoms with E-state index >= 15 is 0 Å². The molecule has 4 rings (SSSR count). The highest BCUT2D eigenvalue weighted by Gasteiger charge is 2.17. The zero-order valence-electron chi connectivity index (χ0n) is 14.8. The number of phenols is 1. The van der Waals surface area contributed by atoms with Crippen molar-refractivity contribution >= 4 is 5.69 Å². The van der Waals surface area contributed by atoms with Gasteiger partial charge in [-0.2, -0.15) is 0 Å². The largest absolute Gasteiger partial charge is 0.508 e. The molecular weight excluding hydrogens is 322 g/mol. The summed E-state index contributed by atoms with van der Waals surface area (Å²) in [6, 6.07) is 22.2. The third-order valence-corrected chi connectivity index (χ3v) is 4.91. The Morgan fingerprint density at radius 2 is 1.54 bits per heavy atom. The first-order valence-electron chi connectivity index (χ1n) is 9.05. The number of benzene rings is 2. The first-order valence-corrected chi connectivity index (χ1v) is 9.05. The molecule has 1 aromatic heterocycles. The zero-order chi connectivity index (χ0) is 17.8. The standard InChI is InChI=1S/C22H23N3O/c26-21-10-8-20(9-11-21)25-15-13-24(14-16-25)17-18-4-6-19(7-5-18)22-3-1-2-12-23-22/h1-12,26H,13-17H2. The molecule has 0 saturated carbocycles. The molecule has 1 aliphatic rings. The number of aromatic hydroxyl groups is 1. The summed E-state index contributed by atoms with van der Waals surface area (Å²) in [7, 11) is 0. The molecule has 132 valence electrons. The highest BCUT2D eigenvalue weighted by Crippen LogP contribution is 2.21. The molecule has 2 aromatic carbocycles. The van der Waals surface area contributed by atoms with Crippen LogP contribution in [-0.4, -0.2) is 41.2 Å². The molecule has 0 spiro atoms. The predicted molar refractivity (Wildman–Crippen MR) is 105 cm³/mol. The van der Waals surface area contributed by atoms with E-state index in [1.54, 1.807) is 12.1 Å². The summed E-state index contributed by atoms with van der Waals surface area (Å²) in [5.41, 5.74) is 4.69. The van der Waals surface area contributed by atoms with Gasteiger partial charge in [-0.1, -0.05) is 30.3 Å². The van der Waals surface area contributed by atoms with Crippen molar-refractivity contribution in [3.63, 3.8) is 0 Å². The third-order valence-electron chi connectivity index (χ3n) is 4.91. The maximum absolute atomic E-state index is 9.42. The summed E-state index contributed by atoms with van der Waals surface area (Å²) in [6.45, 7) is 5.09. The first kappa shape index (κ1) is 16.6. The fourth-order valence-electron chi connectivity index (χ4n) is 3.40. The number of piperazine rings is 1. The number of nitrogens with zero attached hydrogens (tertiary/aromatic N) is 3. The van der Waals surface area contributed by atoms with Crippen molar-refractivity contribution in [2.45, 2.75) is 6.54 Å². The second-order valence-corrected chi connectivity index (χ2v) is 6.69. The van der Waals surface area contributed by atoms with Crippen LogP contribution in [0.4, 0.5) is 5.69 Å². The molecule has 0 unspecified atom stereocenters. The van der Waals surface area contributed by atoms with Crippen LogP contribution >= 0.6 is 0 Å². The van der Waals surface area contributed by atoms with Crippen LogP contribution in [0.2, 0.25) is 0 Å². The van der Waals surface area contributed by atoms with Gasteiger partial charge >= 0.3 is 0 Å². The van der Waals surface area contributed by atoms with E-state index in [-0.39, 0.29) is 0 Å². The third kappa shape index (κ3) is 3.86. The van der Waals surface area contributed by atoms with E-state index in [0.717, 1.165) is 44.0 Å². The Labute approximate surface area is 154 Å². The van der Waals surface area contributed by atoms with Crippen LogP contribution in [0.5, 0.6) is 5.75 Å². The molecule has 2 heterocycles. The van der Waals surface area contributed by atoms with Crippen LogP contribution in [-0.2, 0) is 6.54 Å². The Balaban J connectivity index is 1.33. The van der Waals surface area contributed by atoms with E-state index < -0.39 is 0 Å². The van der Waals surface area contributed by atoms with Gasteiger partial charge in [-0.15, -0.1) is 0 Å². The number of aromatic nitrogens is 1. The van der Waals surface area contributed by atoms with Crippen molar-refractivity contribution in [1.29, 1.82) is 0 Å². The molecule has 1 N–H and O–H groups in total. The molecule has 0 bridgehead atoms. The predicted octanol–water partition coefficient (Wildman–Crippen LogP) is 3.78. The van der Waals surface area contributed by atoms with E-state index in [9.17, 15) is 5.11 Å². The van der Waals surface area contributed by atoms with Gasteiger partial charge in [0.1, 0.15) is 5.75 Å². The van der Waals surface area contributed by atoms with E-state index in [1.807, 2.05) is 36.5 Å². The molecule has 3 aromatic rings. The number of rotatable bonds is 4. The normalized spacial score (nSPS) is 15.2. The number of anilines is 1. The van der Waals surface area contributed by atoms with Crippen molar-refractivity contribution in [1.82, 2.24) is 9.88 Å². The Hall–Kier alpha value is -2.85. The van der Waals surface area contributed by atoms with Gasteiger partial charge in [0.2, 0.25) is 0 Å². The van der Waals surface area contributed by atoms with Crippen molar-refractivity contribution in [2.75, 3.05) is 31.1 Å². The van der Waals surface area contributed by atoms with Crippen molar-refractivity contribution in [3.8, 4) is 17.0 Å². The molecule has 1 saturated heterocycles. The van der Waals surface area contributed by atoms with Gasteiger partial charge in [-0.3, -0.25) is 9.88 Å². The highest BCUT2D eigenvalue weighted by atomic mass is 16.3. The van der Waals surface area contributed by atoms with Crippen LogP contribution in [0.25, 0.3) is 11.3 Å². The SMILES string of the molecule is Oc1ccc(N2CCN(Cc3ccc(-c4ccccn4)cc3)CC2)cc1. The van der Waals surface area contributed by atoms with Crippen LogP contribution in [0.15, 0.2) is 72.9 Å². The van der Waals surface area contributed by atoms with Gasteiger partial charge in [0.25, 0.3) is 0 Å². The second kappa shape index (κ2) is 7.58. The Kier molecular flexibility index (Phi) is 4.84. The van der Waals surface area contributed by atoms with Crippen LogP contribution in [0.1, 0.15) is 5.56 Å². The molecular formula is C22H23N3O. The van der Waals surface area contributed by atoms with Gasteiger partial charge in [0.05, 0.1) is 5.69 Å². The van der Waals surface area contributed by atoms with Gasteiger partial charge in [-0.25, -0.2) is 0 Å². The van der Waals surface area contributed by atoms with E-state index in [2.05, 4.69) is 39.0 Å².